The summed E-state index contributed by atoms with van der Waals surface area (Å²) in [6.07, 6.45) is 0. The van der Waals surface area contributed by atoms with Gasteiger partial charge in [-0.05, 0) is 31.5 Å². The second kappa shape index (κ2) is 9.26. The molecule has 0 spiro atoms. The molecule has 0 aliphatic carbocycles. The Labute approximate surface area is 142 Å². The highest BCUT2D eigenvalue weighted by Crippen LogP contribution is 2.17. The molecular formula is C19H23NO2S. The van der Waals surface area contributed by atoms with E-state index in [-0.39, 0.29) is 11.2 Å². The van der Waals surface area contributed by atoms with Crippen molar-refractivity contribution in [1.82, 2.24) is 5.32 Å². The van der Waals surface area contributed by atoms with Crippen molar-refractivity contribution in [2.75, 3.05) is 13.2 Å². The second-order valence-electron chi connectivity index (χ2n) is 5.39. The molecule has 0 aliphatic rings. The maximum Gasteiger partial charge on any atom is 0.232 e. The van der Waals surface area contributed by atoms with E-state index in [0.29, 0.717) is 13.2 Å². The SMILES string of the molecule is Cc1ccc(OCCNC(=O)[C@H](C)SCc2ccccc2)cc1. The van der Waals surface area contributed by atoms with Crippen molar-refractivity contribution >= 4 is 17.7 Å². The molecule has 3 nitrogen and oxygen atoms in total. The van der Waals surface area contributed by atoms with Crippen LogP contribution in [0.1, 0.15) is 18.1 Å². The zero-order chi connectivity index (χ0) is 16.5. The Kier molecular flexibility index (Phi) is 7.01. The topological polar surface area (TPSA) is 38.3 Å². The van der Waals surface area contributed by atoms with E-state index < -0.39 is 0 Å². The molecule has 2 aromatic rings. The average Bonchev–Trinajstić information content (AvgIpc) is 2.59. The van der Waals surface area contributed by atoms with Crippen LogP contribution in [0.3, 0.4) is 0 Å². The fourth-order valence-corrected chi connectivity index (χ4v) is 2.86. The van der Waals surface area contributed by atoms with Crippen LogP contribution in [0.5, 0.6) is 5.75 Å². The Morgan fingerprint density at radius 3 is 2.52 bits per heavy atom. The molecule has 1 atom stereocenters. The molecule has 0 saturated carbocycles. The van der Waals surface area contributed by atoms with Gasteiger partial charge in [-0.2, -0.15) is 0 Å². The van der Waals surface area contributed by atoms with E-state index in [4.69, 9.17) is 4.74 Å². The minimum absolute atomic E-state index is 0.0541. The van der Waals surface area contributed by atoms with Crippen LogP contribution in [-0.2, 0) is 10.5 Å². The van der Waals surface area contributed by atoms with Crippen LogP contribution >= 0.6 is 11.8 Å². The van der Waals surface area contributed by atoms with Crippen LogP contribution in [0.2, 0.25) is 0 Å². The van der Waals surface area contributed by atoms with Gasteiger partial charge in [0.2, 0.25) is 5.91 Å². The summed E-state index contributed by atoms with van der Waals surface area (Å²) in [6.45, 7) is 4.97. The first-order chi connectivity index (χ1) is 11.1. The Bertz CT molecular complexity index is 599. The van der Waals surface area contributed by atoms with Crippen LogP contribution in [0.25, 0.3) is 0 Å². The molecule has 0 radical (unpaired) electrons. The normalized spacial score (nSPS) is 11.7. The standard InChI is InChI=1S/C19H23NO2S/c1-15-8-10-18(11-9-15)22-13-12-20-19(21)16(2)23-14-17-6-4-3-5-7-17/h3-11,16H,12-14H2,1-2H3,(H,20,21)/t16-/m0/s1. The van der Waals surface area contributed by atoms with Crippen molar-refractivity contribution in [1.29, 1.82) is 0 Å². The van der Waals surface area contributed by atoms with Crippen LogP contribution in [0, 0.1) is 6.92 Å². The number of nitrogens with one attached hydrogen (secondary N) is 1. The molecule has 1 amide bonds. The van der Waals surface area contributed by atoms with Gasteiger partial charge >= 0.3 is 0 Å². The summed E-state index contributed by atoms with van der Waals surface area (Å²) in [4.78, 5) is 12.0. The van der Waals surface area contributed by atoms with Crippen LogP contribution in [0.15, 0.2) is 54.6 Å². The molecule has 2 rings (SSSR count). The maximum absolute atomic E-state index is 12.0. The van der Waals surface area contributed by atoms with E-state index in [9.17, 15) is 4.79 Å². The highest BCUT2D eigenvalue weighted by Gasteiger charge is 2.12. The number of thioether (sulfide) groups is 1. The minimum Gasteiger partial charge on any atom is -0.492 e. The number of benzene rings is 2. The van der Waals surface area contributed by atoms with Gasteiger partial charge in [0.15, 0.2) is 0 Å². The van der Waals surface area contributed by atoms with Crippen LogP contribution in [0.4, 0.5) is 0 Å². The fraction of sp³-hybridized carbons (Fsp3) is 0.316. The predicted molar refractivity (Wildman–Crippen MR) is 96.9 cm³/mol. The molecule has 0 bridgehead atoms. The molecule has 0 aromatic heterocycles. The first-order valence-electron chi connectivity index (χ1n) is 7.78. The third-order valence-corrected chi connectivity index (χ3v) is 4.62. The average molecular weight is 329 g/mol. The number of rotatable bonds is 8. The van der Waals surface area contributed by atoms with Crippen molar-refractivity contribution in [2.45, 2.75) is 24.9 Å². The second-order valence-corrected chi connectivity index (χ2v) is 6.72. The van der Waals surface area contributed by atoms with Gasteiger partial charge in [0, 0.05) is 5.75 Å². The molecule has 122 valence electrons. The number of hydrogen-bond donors (Lipinski definition) is 1. The molecule has 23 heavy (non-hydrogen) atoms. The number of amides is 1. The molecule has 0 heterocycles. The van der Waals surface area contributed by atoms with Crippen molar-refractivity contribution in [3.63, 3.8) is 0 Å². The van der Waals surface area contributed by atoms with E-state index in [1.807, 2.05) is 56.3 Å². The van der Waals surface area contributed by atoms with E-state index in [2.05, 4.69) is 17.4 Å². The van der Waals surface area contributed by atoms with Gasteiger partial charge in [-0.15, -0.1) is 11.8 Å². The summed E-state index contributed by atoms with van der Waals surface area (Å²) in [5.74, 6) is 1.73. The third kappa shape index (κ3) is 6.37. The van der Waals surface area contributed by atoms with Gasteiger partial charge in [-0.25, -0.2) is 0 Å². The number of carbonyl (C=O) groups excluding carboxylic acids is 1. The Morgan fingerprint density at radius 2 is 1.83 bits per heavy atom. The van der Waals surface area contributed by atoms with E-state index in [0.717, 1.165) is 11.5 Å². The van der Waals surface area contributed by atoms with Crippen LogP contribution < -0.4 is 10.1 Å². The molecular weight excluding hydrogens is 306 g/mol. The Hall–Kier alpha value is -1.94. The zero-order valence-corrected chi connectivity index (χ0v) is 14.4. The summed E-state index contributed by atoms with van der Waals surface area (Å²) >= 11 is 1.64. The lowest BCUT2D eigenvalue weighted by atomic mass is 10.2. The first kappa shape index (κ1) is 17.4. The Morgan fingerprint density at radius 1 is 1.13 bits per heavy atom. The number of aryl methyl sites for hydroxylation is 1. The summed E-state index contributed by atoms with van der Waals surface area (Å²) in [5, 5.41) is 2.84. The van der Waals surface area contributed by atoms with Crippen molar-refractivity contribution < 1.29 is 9.53 Å². The van der Waals surface area contributed by atoms with Gasteiger partial charge in [0.1, 0.15) is 12.4 Å². The van der Waals surface area contributed by atoms with Gasteiger partial charge in [0.05, 0.1) is 11.8 Å². The van der Waals surface area contributed by atoms with E-state index in [1.165, 1.54) is 11.1 Å². The summed E-state index contributed by atoms with van der Waals surface area (Å²) in [5.41, 5.74) is 2.44. The third-order valence-electron chi connectivity index (χ3n) is 3.40. The summed E-state index contributed by atoms with van der Waals surface area (Å²) in [7, 11) is 0. The fourth-order valence-electron chi connectivity index (χ4n) is 1.99. The molecule has 4 heteroatoms. The van der Waals surface area contributed by atoms with Crippen molar-refractivity contribution in [3.05, 3.63) is 65.7 Å². The zero-order valence-electron chi connectivity index (χ0n) is 13.6. The molecule has 0 unspecified atom stereocenters. The van der Waals surface area contributed by atoms with E-state index >= 15 is 0 Å². The van der Waals surface area contributed by atoms with Gasteiger partial charge in [-0.1, -0.05) is 48.0 Å². The lowest BCUT2D eigenvalue weighted by Crippen LogP contribution is -2.34. The highest BCUT2D eigenvalue weighted by atomic mass is 32.2. The predicted octanol–water partition coefficient (Wildman–Crippen LogP) is 3.81. The first-order valence-corrected chi connectivity index (χ1v) is 8.83. The molecule has 0 aliphatic heterocycles. The maximum atomic E-state index is 12.0. The highest BCUT2D eigenvalue weighted by molar-refractivity contribution is 7.99. The molecule has 0 saturated heterocycles. The van der Waals surface area contributed by atoms with Gasteiger partial charge in [-0.3, -0.25) is 4.79 Å². The van der Waals surface area contributed by atoms with Crippen molar-refractivity contribution in [2.24, 2.45) is 0 Å². The van der Waals surface area contributed by atoms with E-state index in [1.54, 1.807) is 11.8 Å². The van der Waals surface area contributed by atoms with Gasteiger partial charge < -0.3 is 10.1 Å². The molecule has 1 N–H and O–H groups in total. The number of carbonyl (C=O) groups is 1. The lowest BCUT2D eigenvalue weighted by molar-refractivity contribution is -0.120. The Balaban J connectivity index is 1.63. The molecule has 2 aromatic carbocycles. The lowest BCUT2D eigenvalue weighted by Gasteiger charge is -2.12. The van der Waals surface area contributed by atoms with Crippen molar-refractivity contribution in [3.8, 4) is 5.75 Å². The van der Waals surface area contributed by atoms with Crippen LogP contribution in [-0.4, -0.2) is 24.3 Å². The minimum atomic E-state index is -0.0745. The summed E-state index contributed by atoms with van der Waals surface area (Å²) < 4.78 is 5.60. The monoisotopic (exact) mass is 329 g/mol. The largest absolute Gasteiger partial charge is 0.492 e. The number of ether oxygens (including phenoxy) is 1. The summed E-state index contributed by atoms with van der Waals surface area (Å²) in [6, 6.07) is 18.1. The smallest absolute Gasteiger partial charge is 0.232 e. The number of hydrogen-bond acceptors (Lipinski definition) is 3. The quantitative estimate of drug-likeness (QED) is 0.748. The van der Waals surface area contributed by atoms with Gasteiger partial charge in [0.25, 0.3) is 0 Å². The molecule has 0 fully saturated rings.